The number of aromatic nitrogens is 1. The van der Waals surface area contributed by atoms with E-state index in [1.807, 2.05) is 23.6 Å². The topological polar surface area (TPSA) is 77.2 Å². The number of hydrogen-bond acceptors (Lipinski definition) is 5. The summed E-state index contributed by atoms with van der Waals surface area (Å²) < 4.78 is 5.32. The first-order valence-corrected chi connectivity index (χ1v) is 6.86. The first-order chi connectivity index (χ1) is 9.26. The third-order valence-corrected chi connectivity index (χ3v) is 3.75. The number of thiazole rings is 1. The van der Waals surface area contributed by atoms with Gasteiger partial charge < -0.3 is 15.8 Å². The van der Waals surface area contributed by atoms with Crippen LogP contribution in [0.5, 0.6) is 5.75 Å². The molecule has 0 radical (unpaired) electrons. The summed E-state index contributed by atoms with van der Waals surface area (Å²) in [5, 5.41) is 5.73. The molecule has 0 bridgehead atoms. The van der Waals surface area contributed by atoms with Crippen LogP contribution in [0.1, 0.15) is 5.69 Å². The van der Waals surface area contributed by atoms with Gasteiger partial charge in [0, 0.05) is 17.4 Å². The van der Waals surface area contributed by atoms with Crippen LogP contribution in [0.2, 0.25) is 0 Å². The molecule has 0 saturated heterocycles. The number of anilines is 1. The number of nitrogens with two attached hydrogens (primary N) is 1. The van der Waals surface area contributed by atoms with E-state index < -0.39 is 0 Å². The van der Waals surface area contributed by atoms with Crippen LogP contribution >= 0.6 is 11.3 Å². The van der Waals surface area contributed by atoms with Crippen molar-refractivity contribution in [1.82, 2.24) is 4.98 Å². The fourth-order valence-electron chi connectivity index (χ4n) is 1.92. The molecule has 1 aliphatic heterocycles. The molecule has 1 aromatic carbocycles. The van der Waals surface area contributed by atoms with Crippen LogP contribution in [0.3, 0.4) is 0 Å². The molecule has 0 spiro atoms. The first-order valence-electron chi connectivity index (χ1n) is 5.98. The van der Waals surface area contributed by atoms with Gasteiger partial charge in [-0.1, -0.05) is 0 Å². The summed E-state index contributed by atoms with van der Waals surface area (Å²) in [6.07, 6.45) is 0.779. The number of carbonyl (C=O) groups is 1. The number of carbonyl (C=O) groups excluding carboxylic acids is 1. The number of nitrogens with zero attached hydrogens (tertiary/aromatic N) is 1. The monoisotopic (exact) mass is 275 g/mol. The summed E-state index contributed by atoms with van der Waals surface area (Å²) in [6, 6.07) is 5.69. The number of hydrogen-bond donors (Lipinski definition) is 2. The molecule has 0 unspecified atom stereocenters. The van der Waals surface area contributed by atoms with E-state index in [9.17, 15) is 4.79 Å². The van der Waals surface area contributed by atoms with Crippen molar-refractivity contribution in [3.05, 3.63) is 29.3 Å². The molecule has 0 fully saturated rings. The van der Waals surface area contributed by atoms with Crippen molar-refractivity contribution in [2.75, 3.05) is 18.5 Å². The van der Waals surface area contributed by atoms with Crippen molar-refractivity contribution in [3.63, 3.8) is 0 Å². The van der Waals surface area contributed by atoms with E-state index in [4.69, 9.17) is 10.5 Å². The van der Waals surface area contributed by atoms with E-state index in [1.54, 1.807) is 11.3 Å². The van der Waals surface area contributed by atoms with Crippen LogP contribution in [0.25, 0.3) is 10.6 Å². The Balaban J connectivity index is 1.92. The van der Waals surface area contributed by atoms with Gasteiger partial charge in [0.2, 0.25) is 0 Å². The number of benzene rings is 1. The predicted octanol–water partition coefficient (Wildman–Crippen LogP) is 1.64. The Hall–Kier alpha value is -1.92. The predicted molar refractivity (Wildman–Crippen MR) is 74.4 cm³/mol. The minimum atomic E-state index is -0.132. The maximum Gasteiger partial charge on any atom is 0.262 e. The molecule has 19 heavy (non-hydrogen) atoms. The molecule has 0 atom stereocenters. The van der Waals surface area contributed by atoms with Gasteiger partial charge in [0.25, 0.3) is 5.91 Å². The zero-order chi connectivity index (χ0) is 13.2. The van der Waals surface area contributed by atoms with Gasteiger partial charge in [-0.15, -0.1) is 11.3 Å². The van der Waals surface area contributed by atoms with Crippen LogP contribution in [-0.4, -0.2) is 24.0 Å². The lowest BCUT2D eigenvalue weighted by Crippen LogP contribution is -2.25. The van der Waals surface area contributed by atoms with Crippen molar-refractivity contribution in [2.45, 2.75) is 6.42 Å². The van der Waals surface area contributed by atoms with Crippen molar-refractivity contribution < 1.29 is 9.53 Å². The van der Waals surface area contributed by atoms with Gasteiger partial charge >= 0.3 is 0 Å². The molecule has 98 valence electrons. The maximum atomic E-state index is 11.3. The van der Waals surface area contributed by atoms with E-state index in [1.165, 1.54) is 0 Å². The van der Waals surface area contributed by atoms with Gasteiger partial charge in [0.05, 0.1) is 11.4 Å². The lowest BCUT2D eigenvalue weighted by molar-refractivity contribution is -0.118. The summed E-state index contributed by atoms with van der Waals surface area (Å²) >= 11 is 1.57. The summed E-state index contributed by atoms with van der Waals surface area (Å²) in [6.45, 7) is 0.668. The van der Waals surface area contributed by atoms with Gasteiger partial charge in [-0.05, 0) is 24.7 Å². The smallest absolute Gasteiger partial charge is 0.262 e. The number of rotatable bonds is 3. The molecule has 6 heteroatoms. The SMILES string of the molecule is NCCc1csc(-c2ccc3c(c2)NC(=O)CO3)n1. The highest BCUT2D eigenvalue weighted by atomic mass is 32.1. The molecule has 2 heterocycles. The van der Waals surface area contributed by atoms with Crippen LogP contribution in [0.15, 0.2) is 23.6 Å². The molecule has 1 aliphatic rings. The average Bonchev–Trinajstić information content (AvgIpc) is 2.87. The number of fused-ring (bicyclic) bond motifs is 1. The van der Waals surface area contributed by atoms with E-state index in [2.05, 4.69) is 10.3 Å². The molecular formula is C13H13N3O2S. The van der Waals surface area contributed by atoms with E-state index in [-0.39, 0.29) is 12.5 Å². The Kier molecular flexibility index (Phi) is 3.18. The Bertz CT molecular complexity index is 624. The summed E-state index contributed by atoms with van der Waals surface area (Å²) in [4.78, 5) is 15.8. The molecule has 5 nitrogen and oxygen atoms in total. The molecule has 0 aliphatic carbocycles. The third kappa shape index (κ3) is 2.45. The van der Waals surface area contributed by atoms with Gasteiger partial charge in [0.1, 0.15) is 10.8 Å². The third-order valence-electron chi connectivity index (χ3n) is 2.81. The van der Waals surface area contributed by atoms with E-state index in [0.29, 0.717) is 18.0 Å². The quantitative estimate of drug-likeness (QED) is 0.892. The van der Waals surface area contributed by atoms with Crippen molar-refractivity contribution >= 4 is 22.9 Å². The summed E-state index contributed by atoms with van der Waals surface area (Å²) in [5.74, 6) is 0.565. The van der Waals surface area contributed by atoms with Crippen LogP contribution in [0.4, 0.5) is 5.69 Å². The second kappa shape index (κ2) is 4.99. The zero-order valence-electron chi connectivity index (χ0n) is 10.2. The van der Waals surface area contributed by atoms with Gasteiger partial charge in [-0.3, -0.25) is 4.79 Å². The van der Waals surface area contributed by atoms with E-state index >= 15 is 0 Å². The van der Waals surface area contributed by atoms with Crippen molar-refractivity contribution in [2.24, 2.45) is 5.73 Å². The Morgan fingerprint density at radius 2 is 2.37 bits per heavy atom. The van der Waals surface area contributed by atoms with E-state index in [0.717, 1.165) is 22.7 Å². The second-order valence-electron chi connectivity index (χ2n) is 4.23. The Morgan fingerprint density at radius 1 is 1.47 bits per heavy atom. The summed E-state index contributed by atoms with van der Waals surface area (Å²) in [7, 11) is 0. The lowest BCUT2D eigenvalue weighted by Gasteiger charge is -2.18. The minimum Gasteiger partial charge on any atom is -0.482 e. The van der Waals surface area contributed by atoms with Crippen molar-refractivity contribution in [1.29, 1.82) is 0 Å². The number of amides is 1. The Labute approximate surface area is 114 Å². The number of ether oxygens (including phenoxy) is 1. The van der Waals surface area contributed by atoms with Crippen LogP contribution < -0.4 is 15.8 Å². The first kappa shape index (κ1) is 12.1. The molecule has 3 rings (SSSR count). The fraction of sp³-hybridized carbons (Fsp3) is 0.231. The van der Waals surface area contributed by atoms with Gasteiger partial charge in [-0.25, -0.2) is 4.98 Å². The van der Waals surface area contributed by atoms with Crippen LogP contribution in [-0.2, 0) is 11.2 Å². The molecule has 0 saturated carbocycles. The highest BCUT2D eigenvalue weighted by molar-refractivity contribution is 7.13. The Morgan fingerprint density at radius 3 is 3.21 bits per heavy atom. The van der Waals surface area contributed by atoms with Crippen LogP contribution in [0, 0.1) is 0 Å². The normalized spacial score (nSPS) is 13.6. The standard InChI is InChI=1S/C13H13N3O2S/c14-4-3-9-7-19-13(15-9)8-1-2-11-10(5-8)16-12(17)6-18-11/h1-2,5,7H,3-4,6,14H2,(H,16,17). The highest BCUT2D eigenvalue weighted by Gasteiger charge is 2.17. The zero-order valence-corrected chi connectivity index (χ0v) is 11.0. The lowest BCUT2D eigenvalue weighted by atomic mass is 10.1. The average molecular weight is 275 g/mol. The molecular weight excluding hydrogens is 262 g/mol. The fourth-order valence-corrected chi connectivity index (χ4v) is 2.77. The highest BCUT2D eigenvalue weighted by Crippen LogP contribution is 2.33. The molecule has 1 aromatic heterocycles. The van der Waals surface area contributed by atoms with Gasteiger partial charge in [0.15, 0.2) is 6.61 Å². The maximum absolute atomic E-state index is 11.3. The number of nitrogens with one attached hydrogen (secondary N) is 1. The largest absolute Gasteiger partial charge is 0.482 e. The molecule has 3 N–H and O–H groups in total. The molecule has 1 amide bonds. The second-order valence-corrected chi connectivity index (χ2v) is 5.09. The van der Waals surface area contributed by atoms with Gasteiger partial charge in [-0.2, -0.15) is 0 Å². The molecule has 2 aromatic rings. The van der Waals surface area contributed by atoms with Crippen molar-refractivity contribution in [3.8, 4) is 16.3 Å². The summed E-state index contributed by atoms with van der Waals surface area (Å²) in [5.41, 5.74) is 8.18. The minimum absolute atomic E-state index is 0.0737.